The number of benzene rings is 1. The van der Waals surface area contributed by atoms with Crippen LogP contribution < -0.4 is 10.6 Å². The SMILES string of the molecule is CCCCCCN(C(=O)C(C)NC(=O)OC(C)(C)C)C(C(=O)NC(C)(C)C)c1cccc(O)c1. The molecule has 8 heteroatoms. The second-order valence-corrected chi connectivity index (χ2v) is 10.7. The Hall–Kier alpha value is -2.77. The first kappa shape index (κ1) is 29.3. The Labute approximate surface area is 204 Å². The van der Waals surface area contributed by atoms with E-state index in [9.17, 15) is 19.5 Å². The number of phenols is 1. The topological polar surface area (TPSA) is 108 Å². The first-order valence-electron chi connectivity index (χ1n) is 12.1. The molecule has 0 saturated heterocycles. The molecular weight excluding hydrogens is 434 g/mol. The predicted molar refractivity (Wildman–Crippen MR) is 133 cm³/mol. The van der Waals surface area contributed by atoms with Crippen LogP contribution in [0.3, 0.4) is 0 Å². The largest absolute Gasteiger partial charge is 0.508 e. The molecule has 0 heterocycles. The van der Waals surface area contributed by atoms with Crippen molar-refractivity contribution >= 4 is 17.9 Å². The summed E-state index contributed by atoms with van der Waals surface area (Å²) in [7, 11) is 0. The highest BCUT2D eigenvalue weighted by molar-refractivity contribution is 5.92. The van der Waals surface area contributed by atoms with Gasteiger partial charge in [0.15, 0.2) is 0 Å². The van der Waals surface area contributed by atoms with E-state index >= 15 is 0 Å². The van der Waals surface area contributed by atoms with E-state index in [4.69, 9.17) is 4.74 Å². The number of nitrogens with one attached hydrogen (secondary N) is 2. The van der Waals surface area contributed by atoms with Crippen LogP contribution in [0.15, 0.2) is 24.3 Å². The molecule has 0 saturated carbocycles. The Morgan fingerprint density at radius 3 is 2.24 bits per heavy atom. The molecule has 8 nitrogen and oxygen atoms in total. The van der Waals surface area contributed by atoms with Crippen molar-refractivity contribution in [3.63, 3.8) is 0 Å². The fourth-order valence-corrected chi connectivity index (χ4v) is 3.48. The zero-order valence-corrected chi connectivity index (χ0v) is 22.0. The van der Waals surface area contributed by atoms with Crippen molar-refractivity contribution in [1.82, 2.24) is 15.5 Å². The first-order chi connectivity index (χ1) is 15.6. The summed E-state index contributed by atoms with van der Waals surface area (Å²) in [6.45, 7) is 14.8. The van der Waals surface area contributed by atoms with E-state index in [1.807, 2.05) is 20.8 Å². The van der Waals surface area contributed by atoms with Crippen LogP contribution in [-0.4, -0.2) is 51.6 Å². The van der Waals surface area contributed by atoms with Crippen molar-refractivity contribution < 1.29 is 24.2 Å². The maximum atomic E-state index is 13.6. The number of hydrogen-bond acceptors (Lipinski definition) is 5. The lowest BCUT2D eigenvalue weighted by Crippen LogP contribution is -2.54. The zero-order chi connectivity index (χ0) is 26.1. The zero-order valence-electron chi connectivity index (χ0n) is 22.0. The minimum Gasteiger partial charge on any atom is -0.508 e. The minimum atomic E-state index is -0.969. The Bertz CT molecular complexity index is 826. The van der Waals surface area contributed by atoms with Gasteiger partial charge in [-0.1, -0.05) is 38.3 Å². The van der Waals surface area contributed by atoms with Crippen LogP contribution >= 0.6 is 0 Å². The third kappa shape index (κ3) is 10.4. The molecule has 0 aliphatic carbocycles. The number of amides is 3. The van der Waals surface area contributed by atoms with E-state index in [0.29, 0.717) is 18.5 Å². The summed E-state index contributed by atoms with van der Waals surface area (Å²) >= 11 is 0. The van der Waals surface area contributed by atoms with E-state index < -0.39 is 35.2 Å². The van der Waals surface area contributed by atoms with Gasteiger partial charge < -0.3 is 25.4 Å². The number of carbonyl (C=O) groups is 3. The average Bonchev–Trinajstić information content (AvgIpc) is 2.66. The summed E-state index contributed by atoms with van der Waals surface area (Å²) in [5, 5.41) is 15.6. The van der Waals surface area contributed by atoms with E-state index in [1.54, 1.807) is 39.8 Å². The molecule has 1 aromatic carbocycles. The van der Waals surface area contributed by atoms with E-state index in [2.05, 4.69) is 17.6 Å². The van der Waals surface area contributed by atoms with Gasteiger partial charge in [-0.25, -0.2) is 4.79 Å². The van der Waals surface area contributed by atoms with E-state index in [0.717, 1.165) is 19.3 Å². The van der Waals surface area contributed by atoms with Crippen LogP contribution in [0.2, 0.25) is 0 Å². The molecule has 2 atom stereocenters. The molecule has 3 N–H and O–H groups in total. The fraction of sp³-hybridized carbons (Fsp3) is 0.654. The van der Waals surface area contributed by atoms with Gasteiger partial charge in [0.25, 0.3) is 0 Å². The van der Waals surface area contributed by atoms with E-state index in [1.165, 1.54) is 17.0 Å². The second-order valence-electron chi connectivity index (χ2n) is 10.7. The molecule has 0 radical (unpaired) electrons. The number of hydrogen-bond donors (Lipinski definition) is 3. The number of phenolic OH excluding ortho intramolecular Hbond substituents is 1. The van der Waals surface area contributed by atoms with Crippen molar-refractivity contribution in [3.05, 3.63) is 29.8 Å². The molecule has 1 rings (SSSR count). The quantitative estimate of drug-likeness (QED) is 0.425. The maximum Gasteiger partial charge on any atom is 0.408 e. The Balaban J connectivity index is 3.32. The van der Waals surface area contributed by atoms with Gasteiger partial charge in [0.2, 0.25) is 11.8 Å². The molecule has 2 unspecified atom stereocenters. The summed E-state index contributed by atoms with van der Waals surface area (Å²) in [6, 6.07) is 4.48. The summed E-state index contributed by atoms with van der Waals surface area (Å²) in [4.78, 5) is 40.8. The summed E-state index contributed by atoms with van der Waals surface area (Å²) < 4.78 is 5.29. The van der Waals surface area contributed by atoms with Crippen molar-refractivity contribution in [3.8, 4) is 5.75 Å². The molecule has 3 amide bonds. The van der Waals surface area contributed by atoms with Crippen LogP contribution in [0.5, 0.6) is 5.75 Å². The van der Waals surface area contributed by atoms with Crippen LogP contribution in [0, 0.1) is 0 Å². The first-order valence-corrected chi connectivity index (χ1v) is 12.1. The predicted octanol–water partition coefficient (Wildman–Crippen LogP) is 4.67. The van der Waals surface area contributed by atoms with Gasteiger partial charge in [-0.15, -0.1) is 0 Å². The van der Waals surface area contributed by atoms with Crippen molar-refractivity contribution in [2.24, 2.45) is 0 Å². The molecule has 0 aliphatic rings. The van der Waals surface area contributed by atoms with Gasteiger partial charge in [-0.05, 0) is 72.6 Å². The van der Waals surface area contributed by atoms with Gasteiger partial charge in [0.1, 0.15) is 23.4 Å². The molecular formula is C26H43N3O5. The molecule has 1 aromatic rings. The van der Waals surface area contributed by atoms with E-state index in [-0.39, 0.29) is 11.7 Å². The Morgan fingerprint density at radius 1 is 1.06 bits per heavy atom. The molecule has 0 bridgehead atoms. The van der Waals surface area contributed by atoms with Crippen LogP contribution in [-0.2, 0) is 14.3 Å². The fourth-order valence-electron chi connectivity index (χ4n) is 3.48. The number of ether oxygens (including phenoxy) is 1. The summed E-state index contributed by atoms with van der Waals surface area (Å²) in [5.41, 5.74) is -0.734. The summed E-state index contributed by atoms with van der Waals surface area (Å²) in [5.74, 6) is -0.754. The van der Waals surface area contributed by atoms with Crippen molar-refractivity contribution in [2.45, 2.75) is 104 Å². The normalized spacial score (nSPS) is 13.5. The second kappa shape index (κ2) is 12.6. The third-order valence-corrected chi connectivity index (χ3v) is 4.88. The molecule has 34 heavy (non-hydrogen) atoms. The third-order valence-electron chi connectivity index (χ3n) is 4.88. The van der Waals surface area contributed by atoms with Crippen LogP contribution in [0.1, 0.15) is 92.7 Å². The Morgan fingerprint density at radius 2 is 1.71 bits per heavy atom. The lowest BCUT2D eigenvalue weighted by molar-refractivity contribution is -0.142. The van der Waals surface area contributed by atoms with Gasteiger partial charge in [-0.3, -0.25) is 9.59 Å². The number of carbonyl (C=O) groups excluding carboxylic acids is 3. The maximum absolute atomic E-state index is 13.6. The van der Waals surface area contributed by atoms with Gasteiger partial charge in [0.05, 0.1) is 0 Å². The van der Waals surface area contributed by atoms with Crippen LogP contribution in [0.4, 0.5) is 4.79 Å². The van der Waals surface area contributed by atoms with Gasteiger partial charge >= 0.3 is 6.09 Å². The molecule has 0 spiro atoms. The highest BCUT2D eigenvalue weighted by atomic mass is 16.6. The number of rotatable bonds is 10. The molecule has 0 aromatic heterocycles. The smallest absolute Gasteiger partial charge is 0.408 e. The minimum absolute atomic E-state index is 0.00405. The van der Waals surface area contributed by atoms with Gasteiger partial charge in [-0.2, -0.15) is 0 Å². The number of alkyl carbamates (subject to hydrolysis) is 1. The van der Waals surface area contributed by atoms with Crippen LogP contribution in [0.25, 0.3) is 0 Å². The lowest BCUT2D eigenvalue weighted by Gasteiger charge is -2.35. The molecule has 0 aliphatic heterocycles. The van der Waals surface area contributed by atoms with Crippen molar-refractivity contribution in [1.29, 1.82) is 0 Å². The highest BCUT2D eigenvalue weighted by Gasteiger charge is 2.35. The average molecular weight is 478 g/mol. The monoisotopic (exact) mass is 477 g/mol. The molecule has 0 fully saturated rings. The van der Waals surface area contributed by atoms with Gasteiger partial charge in [0, 0.05) is 12.1 Å². The number of aromatic hydroxyl groups is 1. The van der Waals surface area contributed by atoms with Crippen molar-refractivity contribution in [2.75, 3.05) is 6.54 Å². The summed E-state index contributed by atoms with van der Waals surface area (Å²) in [6.07, 6.45) is 2.95. The lowest BCUT2D eigenvalue weighted by atomic mass is 10.00. The number of nitrogens with zero attached hydrogens (tertiary/aromatic N) is 1. The highest BCUT2D eigenvalue weighted by Crippen LogP contribution is 2.27. The Kier molecular flexibility index (Phi) is 10.9. The standard InChI is InChI=1S/C26H43N3O5/c1-9-10-11-12-16-29(23(32)18(2)27-24(33)34-26(6,7)8)21(22(31)28-25(3,4)5)19-14-13-15-20(30)17-19/h13-15,17-18,21,30H,9-12,16H2,1-8H3,(H,27,33)(H,28,31). The molecule has 192 valence electrons. The number of unbranched alkanes of at least 4 members (excludes halogenated alkanes) is 3.